The average molecular weight is 490 g/mol. The van der Waals surface area contributed by atoms with Gasteiger partial charge in [-0.05, 0) is 47.9 Å². The summed E-state index contributed by atoms with van der Waals surface area (Å²) in [4.78, 5) is 34.8. The van der Waals surface area contributed by atoms with Gasteiger partial charge in [-0.3, -0.25) is 19.5 Å². The molecule has 1 spiro atoms. The zero-order valence-corrected chi connectivity index (χ0v) is 20.3. The van der Waals surface area contributed by atoms with Crippen LogP contribution in [0.2, 0.25) is 5.02 Å². The standard InChI is InChI=1S/C27H24ClN3O2S/c1-2-16-5-10-21-20(12-16)27(26(33)30-21)24(25(32)18-4-3-11-29-13-18)23(22-14-34-15-31(22)27)17-6-8-19(28)9-7-17/h3-13,22-24H,2,14-15H2,1H3,(H,30,33). The summed E-state index contributed by atoms with van der Waals surface area (Å²) in [6.07, 6.45) is 4.14. The molecule has 3 aliphatic heterocycles. The summed E-state index contributed by atoms with van der Waals surface area (Å²) in [5, 5.41) is 3.79. The number of benzene rings is 2. The Balaban J connectivity index is 1.62. The SMILES string of the molecule is CCc1ccc2c(c1)C1(C(=O)N2)C(C(=O)c2cccnc2)C(c2ccc(Cl)cc2)C2CSCN21. The van der Waals surface area contributed by atoms with Crippen molar-refractivity contribution in [2.24, 2.45) is 5.92 Å². The fourth-order valence-corrected chi connectivity index (χ4v) is 7.54. The number of fused-ring (bicyclic) bond motifs is 4. The Kier molecular flexibility index (Phi) is 5.28. The molecule has 4 heterocycles. The Morgan fingerprint density at radius 1 is 1.24 bits per heavy atom. The van der Waals surface area contributed by atoms with Gasteiger partial charge >= 0.3 is 0 Å². The number of halogens is 1. The molecule has 1 N–H and O–H groups in total. The summed E-state index contributed by atoms with van der Waals surface area (Å²) in [6.45, 7) is 2.11. The fraction of sp³-hybridized carbons (Fsp3) is 0.296. The Morgan fingerprint density at radius 2 is 2.06 bits per heavy atom. The summed E-state index contributed by atoms with van der Waals surface area (Å²) in [7, 11) is 0. The van der Waals surface area contributed by atoms with E-state index in [-0.39, 0.29) is 23.7 Å². The number of anilines is 1. The molecule has 1 aromatic heterocycles. The second-order valence-corrected chi connectivity index (χ2v) is 10.6. The number of thioether (sulfide) groups is 1. The van der Waals surface area contributed by atoms with Crippen molar-refractivity contribution in [1.29, 1.82) is 0 Å². The van der Waals surface area contributed by atoms with E-state index in [1.165, 1.54) is 0 Å². The van der Waals surface area contributed by atoms with Gasteiger partial charge in [0.15, 0.2) is 5.78 Å². The minimum Gasteiger partial charge on any atom is -0.324 e. The number of Topliss-reactive ketones (excluding diaryl/α,β-unsaturated/α-hetero) is 1. The number of carbonyl (C=O) groups is 2. The molecule has 3 aromatic rings. The van der Waals surface area contributed by atoms with Gasteiger partial charge in [0, 0.05) is 57.8 Å². The fourth-order valence-electron chi connectivity index (χ4n) is 6.09. The molecule has 0 saturated carbocycles. The van der Waals surface area contributed by atoms with Crippen LogP contribution in [-0.2, 0) is 16.8 Å². The number of nitrogens with one attached hydrogen (secondary N) is 1. The Bertz CT molecular complexity index is 1280. The molecule has 4 atom stereocenters. The van der Waals surface area contributed by atoms with Crippen molar-refractivity contribution in [2.45, 2.75) is 30.8 Å². The topological polar surface area (TPSA) is 62.3 Å². The van der Waals surface area contributed by atoms with Gasteiger partial charge in [0.1, 0.15) is 5.54 Å². The van der Waals surface area contributed by atoms with E-state index in [4.69, 9.17) is 11.6 Å². The van der Waals surface area contributed by atoms with Gasteiger partial charge in [0.05, 0.1) is 5.92 Å². The number of hydrogen-bond donors (Lipinski definition) is 1. The molecule has 2 aromatic carbocycles. The van der Waals surface area contributed by atoms with Crippen LogP contribution < -0.4 is 5.32 Å². The normalized spacial score (nSPS) is 27.6. The molecule has 0 radical (unpaired) electrons. The van der Waals surface area contributed by atoms with Crippen LogP contribution in [-0.4, -0.2) is 39.2 Å². The van der Waals surface area contributed by atoms with Crippen molar-refractivity contribution in [1.82, 2.24) is 9.88 Å². The van der Waals surface area contributed by atoms with Gasteiger partial charge in [-0.2, -0.15) is 0 Å². The predicted molar refractivity (Wildman–Crippen MR) is 135 cm³/mol. The van der Waals surface area contributed by atoms with Crippen molar-refractivity contribution in [2.75, 3.05) is 16.9 Å². The highest BCUT2D eigenvalue weighted by atomic mass is 35.5. The van der Waals surface area contributed by atoms with Crippen LogP contribution in [0.5, 0.6) is 0 Å². The van der Waals surface area contributed by atoms with E-state index in [1.807, 2.05) is 42.1 Å². The molecule has 6 rings (SSSR count). The van der Waals surface area contributed by atoms with Crippen molar-refractivity contribution in [3.05, 3.63) is 94.3 Å². The molecule has 172 valence electrons. The summed E-state index contributed by atoms with van der Waals surface area (Å²) in [6, 6.07) is 17.6. The Labute approximate surface area is 207 Å². The van der Waals surface area contributed by atoms with E-state index in [2.05, 4.69) is 34.3 Å². The highest BCUT2D eigenvalue weighted by molar-refractivity contribution is 7.99. The van der Waals surface area contributed by atoms with E-state index in [1.54, 1.807) is 24.5 Å². The van der Waals surface area contributed by atoms with Crippen molar-refractivity contribution in [3.63, 3.8) is 0 Å². The number of nitrogens with zero attached hydrogens (tertiary/aromatic N) is 2. The number of aryl methyl sites for hydroxylation is 1. The molecule has 3 aliphatic rings. The molecule has 2 saturated heterocycles. The minimum atomic E-state index is -1.06. The molecule has 34 heavy (non-hydrogen) atoms. The largest absolute Gasteiger partial charge is 0.324 e. The molecule has 2 fully saturated rings. The van der Waals surface area contributed by atoms with Crippen molar-refractivity contribution >= 4 is 40.7 Å². The second-order valence-electron chi connectivity index (χ2n) is 9.15. The van der Waals surface area contributed by atoms with E-state index in [9.17, 15) is 9.59 Å². The maximum atomic E-state index is 14.3. The molecule has 1 amide bonds. The zero-order chi connectivity index (χ0) is 23.4. The third kappa shape index (κ3) is 3.02. The van der Waals surface area contributed by atoms with Gasteiger partial charge in [0.25, 0.3) is 0 Å². The Morgan fingerprint density at radius 3 is 2.79 bits per heavy atom. The lowest BCUT2D eigenvalue weighted by molar-refractivity contribution is -0.127. The van der Waals surface area contributed by atoms with Gasteiger partial charge in [-0.25, -0.2) is 0 Å². The first-order valence-corrected chi connectivity index (χ1v) is 13.1. The van der Waals surface area contributed by atoms with Crippen LogP contribution >= 0.6 is 23.4 Å². The van der Waals surface area contributed by atoms with Crippen LogP contribution in [0.3, 0.4) is 0 Å². The average Bonchev–Trinajstić information content (AvgIpc) is 3.53. The van der Waals surface area contributed by atoms with Gasteiger partial charge in [-0.1, -0.05) is 42.8 Å². The van der Waals surface area contributed by atoms with Gasteiger partial charge in [0.2, 0.25) is 5.91 Å². The highest BCUT2D eigenvalue weighted by Gasteiger charge is 2.69. The number of aromatic nitrogens is 1. The van der Waals surface area contributed by atoms with E-state index in [0.29, 0.717) is 16.5 Å². The van der Waals surface area contributed by atoms with Crippen LogP contribution in [0, 0.1) is 5.92 Å². The lowest BCUT2D eigenvalue weighted by Gasteiger charge is -2.36. The molecule has 4 unspecified atom stereocenters. The van der Waals surface area contributed by atoms with Gasteiger partial charge in [-0.15, -0.1) is 11.8 Å². The Hall–Kier alpha value is -2.67. The summed E-state index contributed by atoms with van der Waals surface area (Å²) >= 11 is 8.04. The van der Waals surface area contributed by atoms with Crippen LogP contribution in [0.25, 0.3) is 0 Å². The molecule has 7 heteroatoms. The quantitative estimate of drug-likeness (QED) is 0.515. The maximum absolute atomic E-state index is 14.3. The third-order valence-electron chi connectivity index (χ3n) is 7.58. The first-order chi connectivity index (χ1) is 16.6. The van der Waals surface area contributed by atoms with E-state index < -0.39 is 11.5 Å². The monoisotopic (exact) mass is 489 g/mol. The predicted octanol–water partition coefficient (Wildman–Crippen LogP) is 5.12. The lowest BCUT2D eigenvalue weighted by atomic mass is 9.69. The maximum Gasteiger partial charge on any atom is 0.250 e. The minimum absolute atomic E-state index is 0.0441. The number of pyridine rings is 1. The summed E-state index contributed by atoms with van der Waals surface area (Å²) in [5.74, 6) is 0.676. The first kappa shape index (κ1) is 21.8. The van der Waals surface area contributed by atoms with Crippen molar-refractivity contribution < 1.29 is 9.59 Å². The zero-order valence-electron chi connectivity index (χ0n) is 18.7. The number of rotatable bonds is 4. The third-order valence-corrected chi connectivity index (χ3v) is 8.87. The number of ketones is 1. The van der Waals surface area contributed by atoms with E-state index in [0.717, 1.165) is 34.6 Å². The second kappa shape index (κ2) is 8.22. The molecular weight excluding hydrogens is 466 g/mol. The smallest absolute Gasteiger partial charge is 0.250 e. The number of amides is 1. The summed E-state index contributed by atoms with van der Waals surface area (Å²) < 4.78 is 0. The van der Waals surface area contributed by atoms with Crippen LogP contribution in [0.1, 0.15) is 39.9 Å². The summed E-state index contributed by atoms with van der Waals surface area (Å²) in [5.41, 5.74) is 3.38. The first-order valence-electron chi connectivity index (χ1n) is 11.5. The van der Waals surface area contributed by atoms with Crippen LogP contribution in [0.15, 0.2) is 67.0 Å². The molecule has 5 nitrogen and oxygen atoms in total. The number of hydrogen-bond acceptors (Lipinski definition) is 5. The highest BCUT2D eigenvalue weighted by Crippen LogP contribution is 2.61. The van der Waals surface area contributed by atoms with E-state index >= 15 is 0 Å². The molecule has 0 bridgehead atoms. The van der Waals surface area contributed by atoms with Gasteiger partial charge < -0.3 is 5.32 Å². The van der Waals surface area contributed by atoms with Crippen LogP contribution in [0.4, 0.5) is 5.69 Å². The van der Waals surface area contributed by atoms with Crippen molar-refractivity contribution in [3.8, 4) is 0 Å². The molecule has 0 aliphatic carbocycles. The lowest BCUT2D eigenvalue weighted by Crippen LogP contribution is -2.52. The number of carbonyl (C=O) groups excluding carboxylic acids is 2. The molecular formula is C27H24ClN3O2S.